The van der Waals surface area contributed by atoms with Crippen LogP contribution in [0.15, 0.2) is 35.1 Å². The van der Waals surface area contributed by atoms with Gasteiger partial charge in [0.05, 0.1) is 6.54 Å². The summed E-state index contributed by atoms with van der Waals surface area (Å²) in [7, 11) is 0. The lowest BCUT2D eigenvalue weighted by atomic mass is 10.1. The Bertz CT molecular complexity index is 505. The molecule has 0 fully saturated rings. The van der Waals surface area contributed by atoms with Crippen molar-refractivity contribution in [1.82, 2.24) is 9.78 Å². The quantitative estimate of drug-likeness (QED) is 0.792. The Balaban J connectivity index is 2.25. The molecule has 1 N–H and O–H groups in total. The van der Waals surface area contributed by atoms with E-state index in [0.29, 0.717) is 6.54 Å². The SMILES string of the molecule is Cc1ccc(Cn2[nH]c(C)cc2=O)cc1. The molecule has 0 bridgehead atoms. The highest BCUT2D eigenvalue weighted by Gasteiger charge is 2.00. The molecule has 3 nitrogen and oxygen atoms in total. The number of benzene rings is 1. The molecule has 0 aliphatic rings. The molecule has 0 amide bonds. The first-order chi connectivity index (χ1) is 7.15. The van der Waals surface area contributed by atoms with Crippen molar-refractivity contribution >= 4 is 0 Å². The molecule has 0 atom stereocenters. The fourth-order valence-electron chi connectivity index (χ4n) is 1.56. The van der Waals surface area contributed by atoms with Crippen LogP contribution >= 0.6 is 0 Å². The van der Waals surface area contributed by atoms with Crippen LogP contribution in [0.3, 0.4) is 0 Å². The molecule has 0 aliphatic heterocycles. The molecule has 0 saturated carbocycles. The van der Waals surface area contributed by atoms with E-state index in [9.17, 15) is 4.79 Å². The van der Waals surface area contributed by atoms with Gasteiger partial charge in [-0.15, -0.1) is 0 Å². The van der Waals surface area contributed by atoms with Gasteiger partial charge in [-0.3, -0.25) is 9.89 Å². The largest absolute Gasteiger partial charge is 0.300 e. The zero-order valence-electron chi connectivity index (χ0n) is 8.95. The Kier molecular flexibility index (Phi) is 2.46. The van der Waals surface area contributed by atoms with E-state index in [-0.39, 0.29) is 5.56 Å². The highest BCUT2D eigenvalue weighted by molar-refractivity contribution is 5.21. The van der Waals surface area contributed by atoms with Crippen molar-refractivity contribution in [1.29, 1.82) is 0 Å². The molecule has 15 heavy (non-hydrogen) atoms. The number of aromatic nitrogens is 2. The number of aromatic amines is 1. The summed E-state index contributed by atoms with van der Waals surface area (Å²) in [5.74, 6) is 0. The monoisotopic (exact) mass is 202 g/mol. The van der Waals surface area contributed by atoms with Crippen LogP contribution in [0.4, 0.5) is 0 Å². The van der Waals surface area contributed by atoms with Gasteiger partial charge < -0.3 is 0 Å². The van der Waals surface area contributed by atoms with Gasteiger partial charge in [0.25, 0.3) is 5.56 Å². The number of nitrogens with zero attached hydrogens (tertiary/aromatic N) is 1. The van der Waals surface area contributed by atoms with Crippen LogP contribution in [0.5, 0.6) is 0 Å². The number of rotatable bonds is 2. The van der Waals surface area contributed by atoms with Gasteiger partial charge in [0, 0.05) is 11.8 Å². The highest BCUT2D eigenvalue weighted by atomic mass is 16.1. The van der Waals surface area contributed by atoms with Gasteiger partial charge in [-0.25, -0.2) is 4.68 Å². The van der Waals surface area contributed by atoms with Crippen LogP contribution in [-0.2, 0) is 6.54 Å². The van der Waals surface area contributed by atoms with E-state index in [2.05, 4.69) is 24.2 Å². The zero-order valence-corrected chi connectivity index (χ0v) is 8.95. The van der Waals surface area contributed by atoms with Crippen molar-refractivity contribution in [3.05, 3.63) is 57.5 Å². The number of nitrogens with one attached hydrogen (secondary N) is 1. The topological polar surface area (TPSA) is 37.8 Å². The predicted octanol–water partition coefficient (Wildman–Crippen LogP) is 1.84. The first-order valence-corrected chi connectivity index (χ1v) is 4.97. The Morgan fingerprint density at radius 3 is 2.40 bits per heavy atom. The third-order valence-electron chi connectivity index (χ3n) is 2.38. The van der Waals surface area contributed by atoms with Gasteiger partial charge in [0.1, 0.15) is 0 Å². The van der Waals surface area contributed by atoms with E-state index in [1.165, 1.54) is 5.56 Å². The van der Waals surface area contributed by atoms with Crippen LogP contribution in [0.25, 0.3) is 0 Å². The van der Waals surface area contributed by atoms with Crippen molar-refractivity contribution in [3.63, 3.8) is 0 Å². The summed E-state index contributed by atoms with van der Waals surface area (Å²) in [5.41, 5.74) is 3.28. The molecule has 0 saturated heterocycles. The molecule has 1 aromatic heterocycles. The fraction of sp³-hybridized carbons (Fsp3) is 0.250. The lowest BCUT2D eigenvalue weighted by molar-refractivity contribution is 0.657. The van der Waals surface area contributed by atoms with E-state index in [1.54, 1.807) is 10.7 Å². The summed E-state index contributed by atoms with van der Waals surface area (Å²) < 4.78 is 1.61. The van der Waals surface area contributed by atoms with Gasteiger partial charge in [-0.05, 0) is 19.4 Å². The Morgan fingerprint density at radius 1 is 1.20 bits per heavy atom. The molecular formula is C12H14N2O. The van der Waals surface area contributed by atoms with Crippen LogP contribution in [0, 0.1) is 13.8 Å². The summed E-state index contributed by atoms with van der Waals surface area (Å²) in [6.45, 7) is 4.54. The molecular weight excluding hydrogens is 188 g/mol. The standard InChI is InChI=1S/C12H14N2O/c1-9-3-5-11(6-4-9)8-14-12(15)7-10(2)13-14/h3-7,13H,8H2,1-2H3. The van der Waals surface area contributed by atoms with Crippen molar-refractivity contribution in [2.75, 3.05) is 0 Å². The van der Waals surface area contributed by atoms with Gasteiger partial charge in [-0.2, -0.15) is 0 Å². The molecule has 78 valence electrons. The van der Waals surface area contributed by atoms with Crippen molar-refractivity contribution in [2.24, 2.45) is 0 Å². The van der Waals surface area contributed by atoms with Gasteiger partial charge >= 0.3 is 0 Å². The van der Waals surface area contributed by atoms with E-state index in [1.807, 2.05) is 19.1 Å². The average molecular weight is 202 g/mol. The maximum absolute atomic E-state index is 11.4. The normalized spacial score (nSPS) is 10.5. The summed E-state index contributed by atoms with van der Waals surface area (Å²) in [5, 5.41) is 3.01. The van der Waals surface area contributed by atoms with E-state index in [4.69, 9.17) is 0 Å². The smallest absolute Gasteiger partial charge is 0.267 e. The first kappa shape index (κ1) is 9.77. The third-order valence-corrected chi connectivity index (χ3v) is 2.38. The van der Waals surface area contributed by atoms with Gasteiger partial charge in [0.15, 0.2) is 0 Å². The van der Waals surface area contributed by atoms with Crippen LogP contribution in [0.1, 0.15) is 16.8 Å². The molecule has 2 rings (SSSR count). The summed E-state index contributed by atoms with van der Waals surface area (Å²) >= 11 is 0. The third kappa shape index (κ3) is 2.18. The van der Waals surface area contributed by atoms with Crippen molar-refractivity contribution < 1.29 is 0 Å². The Morgan fingerprint density at radius 2 is 1.87 bits per heavy atom. The summed E-state index contributed by atoms with van der Waals surface area (Å²) in [6.07, 6.45) is 0. The fourth-order valence-corrected chi connectivity index (χ4v) is 1.56. The lowest BCUT2D eigenvalue weighted by Gasteiger charge is -2.02. The van der Waals surface area contributed by atoms with E-state index >= 15 is 0 Å². The molecule has 0 radical (unpaired) electrons. The molecule has 0 unspecified atom stereocenters. The van der Waals surface area contributed by atoms with Crippen molar-refractivity contribution in [3.8, 4) is 0 Å². The lowest BCUT2D eigenvalue weighted by Crippen LogP contribution is -2.16. The van der Waals surface area contributed by atoms with Gasteiger partial charge in [-0.1, -0.05) is 29.8 Å². The summed E-state index contributed by atoms with van der Waals surface area (Å²) in [6, 6.07) is 9.79. The van der Waals surface area contributed by atoms with Crippen molar-refractivity contribution in [2.45, 2.75) is 20.4 Å². The second-order valence-corrected chi connectivity index (χ2v) is 3.85. The second-order valence-electron chi connectivity index (χ2n) is 3.85. The maximum Gasteiger partial charge on any atom is 0.267 e. The molecule has 0 spiro atoms. The molecule has 1 aromatic carbocycles. The Labute approximate surface area is 88.4 Å². The number of aryl methyl sites for hydroxylation is 2. The molecule has 1 heterocycles. The average Bonchev–Trinajstić information content (AvgIpc) is 2.49. The van der Waals surface area contributed by atoms with E-state index < -0.39 is 0 Å². The summed E-state index contributed by atoms with van der Waals surface area (Å²) in [4.78, 5) is 11.4. The van der Waals surface area contributed by atoms with E-state index in [0.717, 1.165) is 11.3 Å². The van der Waals surface area contributed by atoms with Crippen LogP contribution in [0.2, 0.25) is 0 Å². The maximum atomic E-state index is 11.4. The highest BCUT2D eigenvalue weighted by Crippen LogP contribution is 2.03. The minimum atomic E-state index is 0.0214. The minimum Gasteiger partial charge on any atom is -0.300 e. The zero-order chi connectivity index (χ0) is 10.8. The second kappa shape index (κ2) is 3.77. The molecule has 2 aromatic rings. The number of hydrogen-bond donors (Lipinski definition) is 1. The molecule has 3 heteroatoms. The van der Waals surface area contributed by atoms with Crippen LogP contribution < -0.4 is 5.56 Å². The predicted molar refractivity (Wildman–Crippen MR) is 60.1 cm³/mol. The molecule has 0 aliphatic carbocycles. The number of H-pyrrole nitrogens is 1. The van der Waals surface area contributed by atoms with Gasteiger partial charge in [0.2, 0.25) is 0 Å². The number of hydrogen-bond acceptors (Lipinski definition) is 1. The van der Waals surface area contributed by atoms with Crippen LogP contribution in [-0.4, -0.2) is 9.78 Å². The first-order valence-electron chi connectivity index (χ1n) is 4.97. The minimum absolute atomic E-state index is 0.0214. The Hall–Kier alpha value is -1.77.